The van der Waals surface area contributed by atoms with E-state index in [9.17, 15) is 4.79 Å². The van der Waals surface area contributed by atoms with Crippen LogP contribution in [0.4, 0.5) is 5.82 Å². The number of fused-ring (bicyclic) bond motifs is 1. The van der Waals surface area contributed by atoms with Gasteiger partial charge in [0.1, 0.15) is 17.4 Å². The molecule has 1 saturated heterocycles. The summed E-state index contributed by atoms with van der Waals surface area (Å²) in [5, 5.41) is 2.02. The quantitative estimate of drug-likeness (QED) is 0.559. The summed E-state index contributed by atoms with van der Waals surface area (Å²) in [6.07, 6.45) is 1.87. The third-order valence-corrected chi connectivity index (χ3v) is 7.05. The van der Waals surface area contributed by atoms with E-state index >= 15 is 0 Å². The zero-order valence-corrected chi connectivity index (χ0v) is 19.6. The number of rotatable bonds is 6. The van der Waals surface area contributed by atoms with E-state index in [1.165, 1.54) is 0 Å². The van der Waals surface area contributed by atoms with Gasteiger partial charge in [-0.15, -0.1) is 11.3 Å². The average Bonchev–Trinajstić information content (AvgIpc) is 3.37. The molecule has 4 heterocycles. The van der Waals surface area contributed by atoms with Gasteiger partial charge >= 0.3 is 0 Å². The van der Waals surface area contributed by atoms with E-state index in [4.69, 9.17) is 19.4 Å². The maximum Gasteiger partial charge on any atom is 0.228 e. The largest absolute Gasteiger partial charge is 0.497 e. The molecule has 3 aromatic rings. The van der Waals surface area contributed by atoms with Gasteiger partial charge in [-0.3, -0.25) is 4.79 Å². The fourth-order valence-corrected chi connectivity index (χ4v) is 5.07. The van der Waals surface area contributed by atoms with Crippen LogP contribution in [0.3, 0.4) is 0 Å². The molecule has 7 nitrogen and oxygen atoms in total. The van der Waals surface area contributed by atoms with E-state index in [0.29, 0.717) is 39.1 Å². The second kappa shape index (κ2) is 9.89. The number of benzene rings is 1. The third kappa shape index (κ3) is 5.02. The van der Waals surface area contributed by atoms with E-state index in [2.05, 4.69) is 17.0 Å². The Bertz CT molecular complexity index is 1100. The zero-order valence-electron chi connectivity index (χ0n) is 18.8. The van der Waals surface area contributed by atoms with E-state index in [-0.39, 0.29) is 5.91 Å². The van der Waals surface area contributed by atoms with Crippen molar-refractivity contribution in [1.29, 1.82) is 0 Å². The molecule has 0 spiro atoms. The van der Waals surface area contributed by atoms with Gasteiger partial charge in [0.2, 0.25) is 5.91 Å². The van der Waals surface area contributed by atoms with Crippen molar-refractivity contribution >= 4 is 23.1 Å². The lowest BCUT2D eigenvalue weighted by Gasteiger charge is -2.34. The summed E-state index contributed by atoms with van der Waals surface area (Å²) in [6.45, 7) is 4.23. The molecule has 2 aliphatic heterocycles. The number of anilines is 1. The molecule has 2 aliphatic rings. The van der Waals surface area contributed by atoms with E-state index in [1.54, 1.807) is 18.4 Å². The van der Waals surface area contributed by atoms with Crippen molar-refractivity contribution in [2.75, 3.05) is 44.9 Å². The van der Waals surface area contributed by atoms with Gasteiger partial charge in [-0.25, -0.2) is 9.97 Å². The first-order valence-corrected chi connectivity index (χ1v) is 12.2. The lowest BCUT2D eigenvalue weighted by atomic mass is 10.0. The van der Waals surface area contributed by atoms with Crippen molar-refractivity contribution in [3.05, 3.63) is 69.3 Å². The zero-order chi connectivity index (χ0) is 22.6. The van der Waals surface area contributed by atoms with E-state index in [1.807, 2.05) is 34.5 Å². The minimum Gasteiger partial charge on any atom is -0.497 e. The van der Waals surface area contributed by atoms with E-state index in [0.717, 1.165) is 58.6 Å². The standard InChI is InChI=1S/C25H28N4O3S/c1-31-19-6-4-18(5-7-19)15-23-26-22-8-9-29(24(30)16-20-3-2-14-33-20)17-21(22)25(27-23)28-10-12-32-13-11-28/h2-7,14H,8-13,15-17H2,1H3. The van der Waals surface area contributed by atoms with Crippen molar-refractivity contribution < 1.29 is 14.3 Å². The molecule has 0 N–H and O–H groups in total. The number of carbonyl (C=O) groups is 1. The Kier molecular flexibility index (Phi) is 6.55. The molecule has 0 saturated carbocycles. The summed E-state index contributed by atoms with van der Waals surface area (Å²) in [4.78, 5) is 28.3. The van der Waals surface area contributed by atoms with Crippen molar-refractivity contribution in [3.8, 4) is 5.75 Å². The average molecular weight is 465 g/mol. The Morgan fingerprint density at radius 2 is 1.94 bits per heavy atom. The summed E-state index contributed by atoms with van der Waals surface area (Å²) in [5.74, 6) is 2.78. The number of ether oxygens (including phenoxy) is 2. The summed E-state index contributed by atoms with van der Waals surface area (Å²) >= 11 is 1.63. The Hall–Kier alpha value is -2.97. The molecular formula is C25H28N4O3S. The van der Waals surface area contributed by atoms with Crippen LogP contribution in [0.2, 0.25) is 0 Å². The van der Waals surface area contributed by atoms with Gasteiger partial charge in [0.25, 0.3) is 0 Å². The second-order valence-corrected chi connectivity index (χ2v) is 9.37. The number of carbonyl (C=O) groups excluding carboxylic acids is 1. The highest BCUT2D eigenvalue weighted by Crippen LogP contribution is 2.29. The fourth-order valence-electron chi connectivity index (χ4n) is 4.38. The Morgan fingerprint density at radius 1 is 1.12 bits per heavy atom. The van der Waals surface area contributed by atoms with Crippen LogP contribution in [0, 0.1) is 0 Å². The molecule has 0 bridgehead atoms. The Labute approximate surface area is 198 Å². The number of hydrogen-bond donors (Lipinski definition) is 0. The normalized spacial score (nSPS) is 15.9. The SMILES string of the molecule is COc1ccc(Cc2nc3c(c(N4CCOCC4)n2)CN(C(=O)Cc2cccs2)CC3)cc1. The van der Waals surface area contributed by atoms with Gasteiger partial charge in [-0.05, 0) is 29.1 Å². The van der Waals surface area contributed by atoms with Gasteiger partial charge in [0, 0.05) is 42.9 Å². The van der Waals surface area contributed by atoms with Crippen molar-refractivity contribution in [1.82, 2.24) is 14.9 Å². The smallest absolute Gasteiger partial charge is 0.228 e. The van der Waals surface area contributed by atoms with Gasteiger partial charge in [0.05, 0.1) is 39.0 Å². The molecule has 0 aliphatic carbocycles. The molecule has 5 rings (SSSR count). The molecule has 0 unspecified atom stereocenters. The first-order chi connectivity index (χ1) is 16.2. The van der Waals surface area contributed by atoms with Crippen LogP contribution in [0.15, 0.2) is 41.8 Å². The molecule has 0 atom stereocenters. The molecule has 172 valence electrons. The number of nitrogens with zero attached hydrogens (tertiary/aromatic N) is 4. The molecule has 2 aromatic heterocycles. The van der Waals surface area contributed by atoms with E-state index < -0.39 is 0 Å². The van der Waals surface area contributed by atoms with Crippen LogP contribution in [-0.4, -0.2) is 60.7 Å². The van der Waals surface area contributed by atoms with Gasteiger partial charge < -0.3 is 19.3 Å². The molecule has 8 heteroatoms. The molecule has 1 amide bonds. The maximum absolute atomic E-state index is 13.0. The van der Waals surface area contributed by atoms with Crippen LogP contribution in [0.1, 0.15) is 27.5 Å². The fraction of sp³-hybridized carbons (Fsp3) is 0.400. The third-order valence-electron chi connectivity index (χ3n) is 6.17. The highest BCUT2D eigenvalue weighted by molar-refractivity contribution is 7.10. The molecule has 0 radical (unpaired) electrons. The van der Waals surface area contributed by atoms with Crippen LogP contribution in [0.5, 0.6) is 5.75 Å². The van der Waals surface area contributed by atoms with Gasteiger partial charge in [0.15, 0.2) is 0 Å². The van der Waals surface area contributed by atoms with Gasteiger partial charge in [-0.2, -0.15) is 0 Å². The maximum atomic E-state index is 13.0. The summed E-state index contributed by atoms with van der Waals surface area (Å²) in [7, 11) is 1.67. The van der Waals surface area contributed by atoms with Crippen LogP contribution < -0.4 is 9.64 Å². The van der Waals surface area contributed by atoms with Crippen LogP contribution >= 0.6 is 11.3 Å². The number of thiophene rings is 1. The predicted octanol–water partition coefficient (Wildman–Crippen LogP) is 3.10. The number of methoxy groups -OCH3 is 1. The minimum atomic E-state index is 0.165. The Morgan fingerprint density at radius 3 is 2.67 bits per heavy atom. The number of amides is 1. The first-order valence-electron chi connectivity index (χ1n) is 11.3. The highest BCUT2D eigenvalue weighted by Gasteiger charge is 2.28. The van der Waals surface area contributed by atoms with Crippen LogP contribution in [-0.2, 0) is 35.3 Å². The molecule has 1 fully saturated rings. The lowest BCUT2D eigenvalue weighted by molar-refractivity contribution is -0.131. The Balaban J connectivity index is 1.41. The van der Waals surface area contributed by atoms with Gasteiger partial charge in [-0.1, -0.05) is 18.2 Å². The number of aromatic nitrogens is 2. The number of hydrogen-bond acceptors (Lipinski definition) is 7. The highest BCUT2D eigenvalue weighted by atomic mass is 32.1. The summed E-state index contributed by atoms with van der Waals surface area (Å²) in [6, 6.07) is 12.1. The minimum absolute atomic E-state index is 0.165. The van der Waals surface area contributed by atoms with Crippen molar-refractivity contribution in [2.45, 2.75) is 25.8 Å². The monoisotopic (exact) mass is 464 g/mol. The first kappa shape index (κ1) is 21.9. The summed E-state index contributed by atoms with van der Waals surface area (Å²) < 4.78 is 10.8. The predicted molar refractivity (Wildman–Crippen MR) is 128 cm³/mol. The summed E-state index contributed by atoms with van der Waals surface area (Å²) in [5.41, 5.74) is 3.29. The molecule has 1 aromatic carbocycles. The van der Waals surface area contributed by atoms with Crippen LogP contribution in [0.25, 0.3) is 0 Å². The second-order valence-electron chi connectivity index (χ2n) is 8.33. The lowest BCUT2D eigenvalue weighted by Crippen LogP contribution is -2.41. The topological polar surface area (TPSA) is 67.8 Å². The number of morpholine rings is 1. The molecular weight excluding hydrogens is 436 g/mol. The van der Waals surface area contributed by atoms with Crippen molar-refractivity contribution in [2.24, 2.45) is 0 Å². The van der Waals surface area contributed by atoms with Crippen molar-refractivity contribution in [3.63, 3.8) is 0 Å². The molecule has 33 heavy (non-hydrogen) atoms.